The van der Waals surface area contributed by atoms with Crippen molar-refractivity contribution in [1.82, 2.24) is 15.0 Å². The lowest BCUT2D eigenvalue weighted by molar-refractivity contribution is 0.353. The van der Waals surface area contributed by atoms with E-state index >= 15 is 0 Å². The lowest BCUT2D eigenvalue weighted by atomic mass is 9.99. The molecule has 0 amide bonds. The summed E-state index contributed by atoms with van der Waals surface area (Å²) in [6.45, 7) is 3.44. The molecule has 0 bridgehead atoms. The van der Waals surface area contributed by atoms with Crippen LogP contribution in [0.15, 0.2) is 78.2 Å². The third-order valence-corrected chi connectivity index (χ3v) is 6.22. The van der Waals surface area contributed by atoms with Crippen LogP contribution in [-0.4, -0.2) is 41.4 Å². The van der Waals surface area contributed by atoms with Crippen LogP contribution in [0.2, 0.25) is 0 Å². The summed E-state index contributed by atoms with van der Waals surface area (Å²) in [6.07, 6.45) is 4.36. The molecule has 188 valence electrons. The van der Waals surface area contributed by atoms with Crippen molar-refractivity contribution in [3.8, 4) is 11.5 Å². The third kappa shape index (κ3) is 5.61. The van der Waals surface area contributed by atoms with Gasteiger partial charge in [0.25, 0.3) is 0 Å². The molecule has 1 aliphatic rings. The number of nitrogens with one attached hydrogen (secondary N) is 2. The predicted octanol–water partition coefficient (Wildman–Crippen LogP) is 5.03. The number of benzene rings is 2. The van der Waals surface area contributed by atoms with E-state index < -0.39 is 0 Å². The molecule has 1 aliphatic heterocycles. The number of para-hydroxylation sites is 1. The molecule has 37 heavy (non-hydrogen) atoms. The van der Waals surface area contributed by atoms with Gasteiger partial charge in [0, 0.05) is 42.8 Å². The predicted molar refractivity (Wildman–Crippen MR) is 146 cm³/mol. The van der Waals surface area contributed by atoms with E-state index in [1.54, 1.807) is 26.6 Å². The van der Waals surface area contributed by atoms with Crippen LogP contribution in [0.25, 0.3) is 0 Å². The van der Waals surface area contributed by atoms with Crippen molar-refractivity contribution in [2.75, 3.05) is 36.4 Å². The van der Waals surface area contributed by atoms with Crippen LogP contribution in [0.5, 0.6) is 11.5 Å². The molecule has 3 heterocycles. The van der Waals surface area contributed by atoms with E-state index in [0.717, 1.165) is 47.2 Å². The average molecular weight is 496 g/mol. The van der Waals surface area contributed by atoms with Crippen molar-refractivity contribution in [1.29, 1.82) is 0 Å². The lowest BCUT2D eigenvalue weighted by Crippen LogP contribution is -2.31. The van der Waals surface area contributed by atoms with E-state index in [9.17, 15) is 0 Å². The summed E-state index contributed by atoms with van der Waals surface area (Å²) in [5.74, 6) is 3.35. The van der Waals surface area contributed by atoms with E-state index in [1.807, 2.05) is 61.5 Å². The first-order valence-electron chi connectivity index (χ1n) is 12.0. The summed E-state index contributed by atoms with van der Waals surface area (Å²) >= 11 is 0. The Morgan fingerprint density at radius 2 is 1.65 bits per heavy atom. The maximum atomic E-state index is 5.53. The third-order valence-electron chi connectivity index (χ3n) is 6.22. The van der Waals surface area contributed by atoms with Crippen molar-refractivity contribution >= 4 is 29.0 Å². The monoisotopic (exact) mass is 495 g/mol. The van der Waals surface area contributed by atoms with Gasteiger partial charge in [-0.3, -0.25) is 10.4 Å². The molecule has 0 aliphatic carbocycles. The highest BCUT2D eigenvalue weighted by Gasteiger charge is 2.21. The zero-order valence-electron chi connectivity index (χ0n) is 21.1. The van der Waals surface area contributed by atoms with Crippen LogP contribution >= 0.6 is 0 Å². The topological polar surface area (TPSA) is 96.8 Å². The SMILES string of the molecule is COc1cc2c(cc1OC)CN(c1cc(NN=C(C)c3ccncc3)nc(Nc3ccccc3)n1)CC2. The highest BCUT2D eigenvalue weighted by Crippen LogP contribution is 2.34. The first-order chi connectivity index (χ1) is 18.1. The van der Waals surface area contributed by atoms with Crippen LogP contribution < -0.4 is 25.1 Å². The minimum absolute atomic E-state index is 0.487. The molecule has 0 radical (unpaired) electrons. The molecule has 2 aromatic heterocycles. The number of aromatic nitrogens is 3. The number of ether oxygens (including phenoxy) is 2. The van der Waals surface area contributed by atoms with Gasteiger partial charge < -0.3 is 19.7 Å². The molecular formula is C28H29N7O2. The minimum atomic E-state index is 0.487. The summed E-state index contributed by atoms with van der Waals surface area (Å²) in [5.41, 5.74) is 8.26. The summed E-state index contributed by atoms with van der Waals surface area (Å²) in [6, 6.07) is 19.7. The summed E-state index contributed by atoms with van der Waals surface area (Å²) in [7, 11) is 3.32. The maximum Gasteiger partial charge on any atom is 0.231 e. The number of methoxy groups -OCH3 is 2. The van der Waals surface area contributed by atoms with Crippen molar-refractivity contribution in [2.24, 2.45) is 5.10 Å². The molecule has 0 unspecified atom stereocenters. The second-order valence-corrected chi connectivity index (χ2v) is 8.62. The smallest absolute Gasteiger partial charge is 0.231 e. The Morgan fingerprint density at radius 3 is 2.38 bits per heavy atom. The van der Waals surface area contributed by atoms with Crippen LogP contribution in [0.4, 0.5) is 23.3 Å². The number of anilines is 4. The Labute approximate surface area is 216 Å². The molecule has 0 atom stereocenters. The van der Waals surface area contributed by atoms with Gasteiger partial charge in [-0.05, 0) is 60.9 Å². The second-order valence-electron chi connectivity index (χ2n) is 8.62. The number of hydrazone groups is 1. The number of nitrogens with zero attached hydrogens (tertiary/aromatic N) is 5. The van der Waals surface area contributed by atoms with Crippen molar-refractivity contribution in [2.45, 2.75) is 19.9 Å². The Bertz CT molecular complexity index is 1390. The van der Waals surface area contributed by atoms with E-state index in [-0.39, 0.29) is 0 Å². The van der Waals surface area contributed by atoms with Gasteiger partial charge in [-0.25, -0.2) is 0 Å². The van der Waals surface area contributed by atoms with Gasteiger partial charge in [0.05, 0.1) is 19.9 Å². The van der Waals surface area contributed by atoms with Gasteiger partial charge in [-0.15, -0.1) is 0 Å². The van der Waals surface area contributed by atoms with Crippen molar-refractivity contribution in [3.63, 3.8) is 0 Å². The average Bonchev–Trinajstić information content (AvgIpc) is 2.95. The largest absolute Gasteiger partial charge is 0.493 e. The number of hydrogen-bond donors (Lipinski definition) is 2. The van der Waals surface area contributed by atoms with Crippen LogP contribution in [-0.2, 0) is 13.0 Å². The summed E-state index contributed by atoms with van der Waals surface area (Å²) in [4.78, 5) is 15.8. The zero-order valence-corrected chi connectivity index (χ0v) is 21.1. The van der Waals surface area contributed by atoms with Crippen LogP contribution in [0.3, 0.4) is 0 Å². The molecular weight excluding hydrogens is 466 g/mol. The lowest BCUT2D eigenvalue weighted by Gasteiger charge is -2.30. The normalized spacial score (nSPS) is 13.1. The fourth-order valence-electron chi connectivity index (χ4n) is 4.24. The minimum Gasteiger partial charge on any atom is -0.493 e. The second kappa shape index (κ2) is 10.9. The number of pyridine rings is 1. The van der Waals surface area contributed by atoms with Crippen LogP contribution in [0.1, 0.15) is 23.6 Å². The zero-order chi connectivity index (χ0) is 25.6. The summed E-state index contributed by atoms with van der Waals surface area (Å²) < 4.78 is 11.0. The van der Waals surface area contributed by atoms with Gasteiger partial charge >= 0.3 is 0 Å². The fraction of sp³-hybridized carbons (Fsp3) is 0.214. The number of hydrogen-bond acceptors (Lipinski definition) is 9. The molecule has 4 aromatic rings. The molecule has 0 fully saturated rings. The van der Waals surface area contributed by atoms with E-state index in [1.165, 1.54) is 11.1 Å². The molecule has 9 nitrogen and oxygen atoms in total. The quantitative estimate of drug-likeness (QED) is 0.260. The summed E-state index contributed by atoms with van der Waals surface area (Å²) in [5, 5.41) is 7.86. The molecule has 0 saturated heterocycles. The Morgan fingerprint density at radius 1 is 0.919 bits per heavy atom. The first-order valence-corrected chi connectivity index (χ1v) is 12.0. The molecule has 2 N–H and O–H groups in total. The Hall–Kier alpha value is -4.66. The number of fused-ring (bicyclic) bond motifs is 1. The Balaban J connectivity index is 1.45. The highest BCUT2D eigenvalue weighted by atomic mass is 16.5. The van der Waals surface area contributed by atoms with E-state index in [0.29, 0.717) is 18.3 Å². The van der Waals surface area contributed by atoms with E-state index in [2.05, 4.69) is 36.8 Å². The van der Waals surface area contributed by atoms with Gasteiger partial charge in [-0.2, -0.15) is 15.1 Å². The molecule has 2 aromatic carbocycles. The first kappa shape index (κ1) is 24.1. The Kier molecular flexibility index (Phi) is 7.12. The number of rotatable bonds is 8. The van der Waals surface area contributed by atoms with Crippen molar-refractivity contribution in [3.05, 3.63) is 89.7 Å². The van der Waals surface area contributed by atoms with E-state index in [4.69, 9.17) is 14.5 Å². The van der Waals surface area contributed by atoms with Gasteiger partial charge in [0.1, 0.15) is 5.82 Å². The van der Waals surface area contributed by atoms with Crippen LogP contribution in [0, 0.1) is 0 Å². The molecule has 0 spiro atoms. The highest BCUT2D eigenvalue weighted by molar-refractivity contribution is 5.98. The van der Waals surface area contributed by atoms with Gasteiger partial charge in [0.2, 0.25) is 5.95 Å². The van der Waals surface area contributed by atoms with Crippen molar-refractivity contribution < 1.29 is 9.47 Å². The van der Waals surface area contributed by atoms with Gasteiger partial charge in [-0.1, -0.05) is 18.2 Å². The standard InChI is InChI=1S/C28H29N7O2/c1-19(20-9-12-29-13-10-20)33-34-26-17-27(32-28(31-26)30-23-7-5-4-6-8-23)35-14-11-21-15-24(36-2)25(37-3)16-22(21)18-35/h4-10,12-13,15-17H,11,14,18H2,1-3H3,(H2,30,31,32,34). The van der Waals surface area contributed by atoms with Gasteiger partial charge in [0.15, 0.2) is 17.3 Å². The molecule has 9 heteroatoms. The maximum absolute atomic E-state index is 5.53. The fourth-order valence-corrected chi connectivity index (χ4v) is 4.24. The molecule has 0 saturated carbocycles. The molecule has 5 rings (SSSR count).